The molecule has 0 N–H and O–H groups in total. The van der Waals surface area contributed by atoms with Crippen molar-refractivity contribution in [3.63, 3.8) is 0 Å². The lowest BCUT2D eigenvalue weighted by molar-refractivity contribution is -0.238. The first-order valence-electron chi connectivity index (χ1n) is 3.17. The molecule has 0 bridgehead atoms. The van der Waals surface area contributed by atoms with Gasteiger partial charge in [0.05, 0.1) is 0 Å². The minimum Gasteiger partial charge on any atom is -0.330 e. The van der Waals surface area contributed by atoms with E-state index >= 15 is 0 Å². The Morgan fingerprint density at radius 3 is 2.10 bits per heavy atom. The maximum atomic E-state index is 9.99. The second-order valence-corrected chi connectivity index (χ2v) is 1.90. The Hall–Kier alpha value is 0.110. The van der Waals surface area contributed by atoms with Gasteiger partial charge in [0.2, 0.25) is 0 Å². The van der Waals surface area contributed by atoms with Gasteiger partial charge in [-0.3, -0.25) is 9.09 Å². The fourth-order valence-corrected chi connectivity index (χ4v) is 0.692. The molecule has 0 aliphatic rings. The molecule has 0 aliphatic carbocycles. The molecule has 0 aromatic rings. The summed E-state index contributed by atoms with van der Waals surface area (Å²) in [5.74, 6) is 0. The summed E-state index contributed by atoms with van der Waals surface area (Å²) < 4.78 is 24.4. The van der Waals surface area contributed by atoms with Crippen molar-refractivity contribution in [1.82, 2.24) is 0 Å². The van der Waals surface area contributed by atoms with Gasteiger partial charge < -0.3 is 9.47 Å². The molecule has 0 aromatic carbocycles. The van der Waals surface area contributed by atoms with Crippen LogP contribution >= 0.6 is 8.69 Å². The average molecular weight is 168 g/mol. The van der Waals surface area contributed by atoms with Gasteiger partial charge >= 0.3 is 0 Å². The summed E-state index contributed by atoms with van der Waals surface area (Å²) in [6, 6.07) is 0. The van der Waals surface area contributed by atoms with Crippen molar-refractivity contribution in [3.05, 3.63) is 0 Å². The second-order valence-electron chi connectivity index (χ2n) is 1.43. The molecule has 0 radical (unpaired) electrons. The van der Waals surface area contributed by atoms with Crippen molar-refractivity contribution in [2.75, 3.05) is 13.2 Å². The quantitative estimate of drug-likeness (QED) is 0.439. The van der Waals surface area contributed by atoms with Crippen LogP contribution in [0.5, 0.6) is 0 Å². The monoisotopic (exact) mass is 168 g/mol. The predicted octanol–water partition coefficient (Wildman–Crippen LogP) is 1.03. The molecule has 1 unspecified atom stereocenters. The molecule has 0 heterocycles. The Morgan fingerprint density at radius 2 is 1.80 bits per heavy atom. The van der Waals surface area contributed by atoms with E-state index in [1.807, 2.05) is 13.8 Å². The summed E-state index contributed by atoms with van der Waals surface area (Å²) in [4.78, 5) is 0. The zero-order valence-corrected chi connectivity index (χ0v) is 7.36. The topological polar surface area (TPSA) is 44.8 Å². The van der Waals surface area contributed by atoms with Gasteiger partial charge in [-0.05, 0) is 13.8 Å². The minimum absolute atomic E-state index is 0.490. The summed E-state index contributed by atoms with van der Waals surface area (Å²) in [7, 11) is -1.26. The van der Waals surface area contributed by atoms with Crippen LogP contribution in [0, 0.1) is 0 Å². The minimum atomic E-state index is -1.26. The Labute approximate surface area is 61.7 Å². The van der Waals surface area contributed by atoms with E-state index in [-0.39, 0.29) is 0 Å². The molecule has 0 aliphatic heterocycles. The lowest BCUT2D eigenvalue weighted by Crippen LogP contribution is -2.16. The lowest BCUT2D eigenvalue weighted by atomic mass is 10.8. The van der Waals surface area contributed by atoms with E-state index in [2.05, 4.69) is 4.52 Å². The van der Waals surface area contributed by atoms with Gasteiger partial charge in [0.25, 0.3) is 6.48 Å². The molecule has 0 saturated carbocycles. The van der Waals surface area contributed by atoms with Crippen LogP contribution in [0.2, 0.25) is 0 Å². The van der Waals surface area contributed by atoms with E-state index in [0.29, 0.717) is 13.2 Å². The van der Waals surface area contributed by atoms with Crippen LogP contribution in [-0.2, 0) is 18.6 Å². The molecular formula is C5H13O4P. The average Bonchev–Trinajstić information content (AvgIpc) is 1.90. The van der Waals surface area contributed by atoms with Crippen molar-refractivity contribution in [1.29, 1.82) is 0 Å². The first kappa shape index (κ1) is 10.1. The number of hydrogen-bond acceptors (Lipinski definition) is 4. The first-order valence-corrected chi connectivity index (χ1v) is 4.11. The molecule has 10 heavy (non-hydrogen) atoms. The van der Waals surface area contributed by atoms with Crippen molar-refractivity contribution in [2.45, 2.75) is 20.3 Å². The highest BCUT2D eigenvalue weighted by Crippen LogP contribution is 2.05. The summed E-state index contributed by atoms with van der Waals surface area (Å²) in [5, 5.41) is 0. The first-order chi connectivity index (χ1) is 4.85. The third-order valence-corrected chi connectivity index (χ3v) is 1.11. The molecule has 62 valence electrons. The summed E-state index contributed by atoms with van der Waals surface area (Å²) in [6.45, 7) is 3.86. The van der Waals surface area contributed by atoms with Gasteiger partial charge in [0.1, 0.15) is 0 Å². The smallest absolute Gasteiger partial charge is 0.276 e. The molecular weight excluding hydrogens is 155 g/mol. The van der Waals surface area contributed by atoms with Gasteiger partial charge in [-0.1, -0.05) is 0 Å². The Bertz CT molecular complexity index is 81.7. The second kappa shape index (κ2) is 7.22. The van der Waals surface area contributed by atoms with Crippen molar-refractivity contribution < 1.29 is 18.6 Å². The maximum Gasteiger partial charge on any atom is 0.276 e. The van der Waals surface area contributed by atoms with Crippen molar-refractivity contribution >= 4 is 8.69 Å². The number of rotatable bonds is 6. The van der Waals surface area contributed by atoms with Gasteiger partial charge in [0, 0.05) is 13.2 Å². The molecule has 0 aromatic heterocycles. The van der Waals surface area contributed by atoms with Crippen LogP contribution in [0.15, 0.2) is 0 Å². The molecule has 0 saturated heterocycles. The van der Waals surface area contributed by atoms with Crippen LogP contribution in [0.3, 0.4) is 0 Å². The molecule has 5 heteroatoms. The highest BCUT2D eigenvalue weighted by Gasteiger charge is 2.04. The third kappa shape index (κ3) is 4.94. The standard InChI is InChI=1S/C5H13O4P/c1-3-7-5(8-4-2)9-10-6/h5H,3-4,10H2,1-2H3. The van der Waals surface area contributed by atoms with E-state index in [0.717, 1.165) is 0 Å². The van der Waals surface area contributed by atoms with Crippen molar-refractivity contribution in [2.24, 2.45) is 0 Å². The van der Waals surface area contributed by atoms with E-state index in [9.17, 15) is 4.57 Å². The number of hydrogen-bond donors (Lipinski definition) is 0. The zero-order chi connectivity index (χ0) is 7.82. The van der Waals surface area contributed by atoms with Crippen LogP contribution in [0.25, 0.3) is 0 Å². The Balaban J connectivity index is 3.38. The Morgan fingerprint density at radius 1 is 1.30 bits per heavy atom. The van der Waals surface area contributed by atoms with Gasteiger partial charge in [-0.15, -0.1) is 0 Å². The Kier molecular flexibility index (Phi) is 7.30. The maximum absolute atomic E-state index is 9.99. The molecule has 1 atom stereocenters. The van der Waals surface area contributed by atoms with E-state index < -0.39 is 15.2 Å². The SMILES string of the molecule is CCOC(OCC)O[PH2]=O. The highest BCUT2D eigenvalue weighted by atomic mass is 31.1. The summed E-state index contributed by atoms with van der Waals surface area (Å²) >= 11 is 0. The largest absolute Gasteiger partial charge is 0.330 e. The third-order valence-electron chi connectivity index (χ3n) is 0.772. The van der Waals surface area contributed by atoms with E-state index in [1.165, 1.54) is 0 Å². The molecule has 0 amide bonds. The normalized spacial score (nSPS) is 11.9. The lowest BCUT2D eigenvalue weighted by Gasteiger charge is -2.12. The van der Waals surface area contributed by atoms with E-state index in [4.69, 9.17) is 9.47 Å². The van der Waals surface area contributed by atoms with Gasteiger partial charge in [-0.25, -0.2) is 0 Å². The van der Waals surface area contributed by atoms with Crippen LogP contribution in [0.4, 0.5) is 0 Å². The highest BCUT2D eigenvalue weighted by molar-refractivity contribution is 7.17. The predicted molar refractivity (Wildman–Crippen MR) is 38.5 cm³/mol. The number of ether oxygens (including phenoxy) is 2. The fraction of sp³-hybridized carbons (Fsp3) is 1.00. The van der Waals surface area contributed by atoms with Crippen LogP contribution < -0.4 is 0 Å². The summed E-state index contributed by atoms with van der Waals surface area (Å²) in [6.07, 6.45) is 0. The van der Waals surface area contributed by atoms with Gasteiger partial charge in [0.15, 0.2) is 8.69 Å². The van der Waals surface area contributed by atoms with Crippen LogP contribution in [-0.4, -0.2) is 19.7 Å². The fourth-order valence-electron chi connectivity index (χ4n) is 0.444. The molecule has 4 nitrogen and oxygen atoms in total. The molecule has 0 rings (SSSR count). The summed E-state index contributed by atoms with van der Waals surface area (Å²) in [5.41, 5.74) is 0. The van der Waals surface area contributed by atoms with Crippen LogP contribution in [0.1, 0.15) is 13.8 Å². The zero-order valence-electron chi connectivity index (χ0n) is 6.20. The van der Waals surface area contributed by atoms with E-state index in [1.54, 1.807) is 0 Å². The molecule has 0 fully saturated rings. The molecule has 0 spiro atoms. The van der Waals surface area contributed by atoms with Gasteiger partial charge in [-0.2, -0.15) is 0 Å². The van der Waals surface area contributed by atoms with Crippen molar-refractivity contribution in [3.8, 4) is 0 Å².